The molecule has 0 radical (unpaired) electrons. The predicted molar refractivity (Wildman–Crippen MR) is 104 cm³/mol. The van der Waals surface area contributed by atoms with Crippen LogP contribution in [0.15, 0.2) is 29.2 Å². The Bertz CT molecular complexity index is 1050. The highest BCUT2D eigenvalue weighted by Gasteiger charge is 2.28. The number of nitrogens with zero attached hydrogens (tertiary/aromatic N) is 1. The summed E-state index contributed by atoms with van der Waals surface area (Å²) < 4.78 is 33.3. The molecule has 1 aliphatic carbocycles. The van der Waals surface area contributed by atoms with Gasteiger partial charge in [0.15, 0.2) is 6.61 Å². The molecule has 0 bridgehead atoms. The molecule has 1 saturated carbocycles. The summed E-state index contributed by atoms with van der Waals surface area (Å²) in [5, 5.41) is -0.0190. The SMILES string of the molecule is CNS(=O)(=O)c1cc(C(=O)OCC(=O)c2cc(C)n(C3CC3)c2C)ccc1Cl. The van der Waals surface area contributed by atoms with Gasteiger partial charge in [0.25, 0.3) is 0 Å². The molecular formula is C19H21ClN2O5S. The molecule has 0 spiro atoms. The summed E-state index contributed by atoms with van der Waals surface area (Å²) in [6, 6.07) is 6.03. The van der Waals surface area contributed by atoms with Crippen LogP contribution >= 0.6 is 11.6 Å². The highest BCUT2D eigenvalue weighted by Crippen LogP contribution is 2.38. The van der Waals surface area contributed by atoms with Crippen molar-refractivity contribution in [2.45, 2.75) is 37.6 Å². The van der Waals surface area contributed by atoms with Gasteiger partial charge in [-0.3, -0.25) is 4.79 Å². The molecule has 150 valence electrons. The van der Waals surface area contributed by atoms with Crippen molar-refractivity contribution in [3.63, 3.8) is 0 Å². The third kappa shape index (κ3) is 3.99. The summed E-state index contributed by atoms with van der Waals surface area (Å²) in [6.45, 7) is 3.41. The van der Waals surface area contributed by atoms with Crippen LogP contribution in [0.25, 0.3) is 0 Å². The molecular weight excluding hydrogens is 404 g/mol. The van der Waals surface area contributed by atoms with Crippen LogP contribution in [-0.4, -0.2) is 38.4 Å². The van der Waals surface area contributed by atoms with Gasteiger partial charge in [-0.1, -0.05) is 11.6 Å². The first-order valence-corrected chi connectivity index (χ1v) is 10.6. The summed E-state index contributed by atoms with van der Waals surface area (Å²) in [5.74, 6) is -1.10. The third-order valence-electron chi connectivity index (χ3n) is 4.76. The maximum Gasteiger partial charge on any atom is 0.338 e. The molecule has 3 rings (SSSR count). The van der Waals surface area contributed by atoms with Crippen molar-refractivity contribution < 1.29 is 22.7 Å². The maximum absolute atomic E-state index is 12.5. The number of ketones is 1. The Labute approximate surface area is 168 Å². The molecule has 1 N–H and O–H groups in total. The minimum absolute atomic E-state index is 0.00511. The number of nitrogens with one attached hydrogen (secondary N) is 1. The van der Waals surface area contributed by atoms with Gasteiger partial charge in [-0.05, 0) is 58.0 Å². The Morgan fingerprint density at radius 3 is 2.54 bits per heavy atom. The number of rotatable bonds is 7. The third-order valence-corrected chi connectivity index (χ3v) is 6.65. The molecule has 1 fully saturated rings. The first-order chi connectivity index (χ1) is 13.2. The zero-order chi connectivity index (χ0) is 20.6. The molecule has 0 amide bonds. The Kier molecular flexibility index (Phi) is 5.65. The van der Waals surface area contributed by atoms with Crippen LogP contribution in [0.2, 0.25) is 5.02 Å². The number of carbonyl (C=O) groups is 2. The molecule has 0 unspecified atom stereocenters. The molecule has 28 heavy (non-hydrogen) atoms. The van der Waals surface area contributed by atoms with E-state index in [-0.39, 0.29) is 21.3 Å². The Morgan fingerprint density at radius 1 is 1.25 bits per heavy atom. The fourth-order valence-electron chi connectivity index (χ4n) is 3.19. The number of aromatic nitrogens is 1. The quantitative estimate of drug-likeness (QED) is 0.544. The van der Waals surface area contributed by atoms with Crippen molar-refractivity contribution in [1.29, 1.82) is 0 Å². The highest BCUT2D eigenvalue weighted by molar-refractivity contribution is 7.89. The van der Waals surface area contributed by atoms with Crippen LogP contribution in [0.1, 0.15) is 51.0 Å². The van der Waals surface area contributed by atoms with E-state index in [4.69, 9.17) is 16.3 Å². The average molecular weight is 425 g/mol. The molecule has 0 atom stereocenters. The van der Waals surface area contributed by atoms with Gasteiger partial charge in [-0.25, -0.2) is 17.9 Å². The zero-order valence-electron chi connectivity index (χ0n) is 15.8. The summed E-state index contributed by atoms with van der Waals surface area (Å²) in [7, 11) is -2.58. The fourth-order valence-corrected chi connectivity index (χ4v) is 4.44. The second kappa shape index (κ2) is 7.69. The molecule has 9 heteroatoms. The fraction of sp³-hybridized carbons (Fsp3) is 0.368. The van der Waals surface area contributed by atoms with E-state index in [2.05, 4.69) is 9.29 Å². The van der Waals surface area contributed by atoms with Gasteiger partial charge in [0.1, 0.15) is 4.90 Å². The first-order valence-electron chi connectivity index (χ1n) is 8.77. The second-order valence-electron chi connectivity index (χ2n) is 6.74. The van der Waals surface area contributed by atoms with Crippen LogP contribution < -0.4 is 4.72 Å². The molecule has 1 aliphatic rings. The van der Waals surface area contributed by atoms with Gasteiger partial charge in [0.2, 0.25) is 15.8 Å². The normalized spacial score (nSPS) is 14.1. The Balaban J connectivity index is 1.73. The lowest BCUT2D eigenvalue weighted by Crippen LogP contribution is -2.20. The summed E-state index contributed by atoms with van der Waals surface area (Å²) in [5.41, 5.74) is 2.41. The number of aryl methyl sites for hydroxylation is 1. The predicted octanol–water partition coefficient (Wildman–Crippen LogP) is 3.04. The lowest BCUT2D eigenvalue weighted by molar-refractivity contribution is 0.0474. The summed E-state index contributed by atoms with van der Waals surface area (Å²) >= 11 is 5.91. The van der Waals surface area contributed by atoms with Crippen LogP contribution in [0, 0.1) is 13.8 Å². The number of hydrogen-bond acceptors (Lipinski definition) is 5. The second-order valence-corrected chi connectivity index (χ2v) is 9.00. The number of hydrogen-bond donors (Lipinski definition) is 1. The molecule has 1 heterocycles. The van der Waals surface area contributed by atoms with Crippen LogP contribution in [0.4, 0.5) is 0 Å². The van der Waals surface area contributed by atoms with Crippen LogP contribution in [0.3, 0.4) is 0 Å². The standard InChI is InChI=1S/C19H21ClN2O5S/c1-11-8-15(12(2)22(11)14-5-6-14)17(23)10-27-19(24)13-4-7-16(20)18(9-13)28(25,26)21-3/h4,7-9,14,21H,5-6,10H2,1-3H3. The van der Waals surface area contributed by atoms with E-state index >= 15 is 0 Å². The van der Waals surface area contributed by atoms with Gasteiger partial charge < -0.3 is 9.30 Å². The van der Waals surface area contributed by atoms with E-state index in [1.54, 1.807) is 0 Å². The molecule has 2 aromatic rings. The molecule has 0 saturated heterocycles. The van der Waals surface area contributed by atoms with E-state index < -0.39 is 22.6 Å². The number of esters is 1. The first kappa shape index (κ1) is 20.6. The minimum Gasteiger partial charge on any atom is -0.454 e. The van der Waals surface area contributed by atoms with Crippen molar-refractivity contribution in [2.75, 3.05) is 13.7 Å². The number of ether oxygens (including phenoxy) is 1. The monoisotopic (exact) mass is 424 g/mol. The van der Waals surface area contributed by atoms with Crippen molar-refractivity contribution in [1.82, 2.24) is 9.29 Å². The number of benzene rings is 1. The van der Waals surface area contributed by atoms with Gasteiger partial charge >= 0.3 is 5.97 Å². The highest BCUT2D eigenvalue weighted by atomic mass is 35.5. The van der Waals surface area contributed by atoms with Crippen LogP contribution in [0.5, 0.6) is 0 Å². The number of Topliss-reactive ketones (excluding diaryl/α,β-unsaturated/α-hetero) is 1. The average Bonchev–Trinajstić information content (AvgIpc) is 3.44. The topological polar surface area (TPSA) is 94.5 Å². The zero-order valence-corrected chi connectivity index (χ0v) is 17.4. The van der Waals surface area contributed by atoms with E-state index in [0.29, 0.717) is 11.6 Å². The van der Waals surface area contributed by atoms with E-state index in [0.717, 1.165) is 30.3 Å². The Hall–Kier alpha value is -2.16. The maximum atomic E-state index is 12.5. The number of sulfonamides is 1. The van der Waals surface area contributed by atoms with Crippen molar-refractivity contribution in [3.8, 4) is 0 Å². The van der Waals surface area contributed by atoms with Crippen LogP contribution in [-0.2, 0) is 14.8 Å². The van der Waals surface area contributed by atoms with Crippen molar-refractivity contribution >= 4 is 33.4 Å². The van der Waals surface area contributed by atoms with Gasteiger partial charge in [0.05, 0.1) is 10.6 Å². The summed E-state index contributed by atoms with van der Waals surface area (Å²) in [6.07, 6.45) is 2.21. The number of carbonyl (C=O) groups excluding carboxylic acids is 2. The number of halogens is 1. The van der Waals surface area contributed by atoms with E-state index in [1.807, 2.05) is 19.9 Å². The van der Waals surface area contributed by atoms with Gasteiger partial charge in [-0.15, -0.1) is 0 Å². The molecule has 0 aliphatic heterocycles. The van der Waals surface area contributed by atoms with E-state index in [1.165, 1.54) is 19.2 Å². The van der Waals surface area contributed by atoms with Crippen molar-refractivity contribution in [2.24, 2.45) is 0 Å². The smallest absolute Gasteiger partial charge is 0.338 e. The Morgan fingerprint density at radius 2 is 1.93 bits per heavy atom. The molecule has 1 aromatic carbocycles. The molecule has 7 nitrogen and oxygen atoms in total. The van der Waals surface area contributed by atoms with Crippen molar-refractivity contribution in [3.05, 3.63) is 51.8 Å². The van der Waals surface area contributed by atoms with Gasteiger partial charge in [0, 0.05) is 23.0 Å². The lowest BCUT2D eigenvalue weighted by atomic mass is 10.1. The van der Waals surface area contributed by atoms with E-state index in [9.17, 15) is 18.0 Å². The lowest BCUT2D eigenvalue weighted by Gasteiger charge is -2.09. The largest absolute Gasteiger partial charge is 0.454 e. The van der Waals surface area contributed by atoms with Gasteiger partial charge in [-0.2, -0.15) is 0 Å². The minimum atomic E-state index is -3.83. The molecule has 1 aromatic heterocycles. The summed E-state index contributed by atoms with van der Waals surface area (Å²) in [4.78, 5) is 24.6.